The maximum absolute atomic E-state index is 5.90. The van der Waals surface area contributed by atoms with Crippen molar-refractivity contribution in [2.45, 2.75) is 6.61 Å². The highest BCUT2D eigenvalue weighted by Gasteiger charge is 2.11. The molecule has 0 aromatic heterocycles. The zero-order chi connectivity index (χ0) is 15.9. The van der Waals surface area contributed by atoms with Crippen molar-refractivity contribution in [2.75, 3.05) is 21.2 Å². The van der Waals surface area contributed by atoms with Gasteiger partial charge in [-0.25, -0.2) is 0 Å². The summed E-state index contributed by atoms with van der Waals surface area (Å²) in [6.45, 7) is 0.487. The van der Waals surface area contributed by atoms with E-state index in [0.717, 1.165) is 15.6 Å². The zero-order valence-electron chi connectivity index (χ0n) is 12.9. The van der Waals surface area contributed by atoms with E-state index < -0.39 is 0 Å². The van der Waals surface area contributed by atoms with Gasteiger partial charge in [-0.2, -0.15) is 5.10 Å². The van der Waals surface area contributed by atoms with Crippen LogP contribution in [0, 0.1) is 0 Å². The summed E-state index contributed by atoms with van der Waals surface area (Å²) in [6, 6.07) is 13.9. The van der Waals surface area contributed by atoms with Crippen molar-refractivity contribution >= 4 is 22.1 Å². The zero-order valence-corrected chi connectivity index (χ0v) is 14.5. The fraction of sp³-hybridized carbons (Fsp3) is 0.235. The number of nitrogens with zero attached hydrogens (tertiary/aromatic N) is 2. The Morgan fingerprint density at radius 3 is 2.55 bits per heavy atom. The molecule has 0 aliphatic heterocycles. The molecule has 116 valence electrons. The molecule has 0 fully saturated rings. The molecule has 2 aromatic rings. The summed E-state index contributed by atoms with van der Waals surface area (Å²) in [6.07, 6.45) is 1.77. The number of methoxy groups -OCH3 is 1. The van der Waals surface area contributed by atoms with Crippen LogP contribution < -0.4 is 9.47 Å². The van der Waals surface area contributed by atoms with E-state index in [9.17, 15) is 0 Å². The Hall–Kier alpha value is -2.01. The van der Waals surface area contributed by atoms with E-state index in [2.05, 4.69) is 21.0 Å². The Bertz CT molecular complexity index is 643. The maximum atomic E-state index is 5.90. The van der Waals surface area contributed by atoms with Crippen LogP contribution in [0.5, 0.6) is 11.5 Å². The van der Waals surface area contributed by atoms with Crippen LogP contribution in [-0.2, 0) is 6.61 Å². The molecule has 0 amide bonds. The second kappa shape index (κ2) is 7.84. The monoisotopic (exact) mass is 362 g/mol. The molecular formula is C17H19BrN2O2. The molecule has 0 aliphatic carbocycles. The van der Waals surface area contributed by atoms with Gasteiger partial charge in [0.25, 0.3) is 0 Å². The standard InChI is InChI=1S/C17H19BrN2O2/c1-20(2)19-11-14-9-15(18)17(16(10-14)21-3)22-12-13-7-5-4-6-8-13/h4-11H,12H2,1-3H3/b19-11+. The Balaban J connectivity index is 2.20. The summed E-state index contributed by atoms with van der Waals surface area (Å²) in [5, 5.41) is 5.96. The van der Waals surface area contributed by atoms with Gasteiger partial charge < -0.3 is 14.5 Å². The van der Waals surface area contributed by atoms with E-state index in [1.165, 1.54) is 0 Å². The summed E-state index contributed by atoms with van der Waals surface area (Å²) in [7, 11) is 5.38. The van der Waals surface area contributed by atoms with Crippen LogP contribution in [0.2, 0.25) is 0 Å². The van der Waals surface area contributed by atoms with Gasteiger partial charge in [0.1, 0.15) is 6.61 Å². The summed E-state index contributed by atoms with van der Waals surface area (Å²) in [5.41, 5.74) is 2.04. The lowest BCUT2D eigenvalue weighted by molar-refractivity contribution is 0.282. The highest BCUT2D eigenvalue weighted by atomic mass is 79.9. The molecular weight excluding hydrogens is 344 g/mol. The molecule has 0 bridgehead atoms. The van der Waals surface area contributed by atoms with Gasteiger partial charge in [0.15, 0.2) is 11.5 Å². The highest BCUT2D eigenvalue weighted by Crippen LogP contribution is 2.36. The number of hydrogen-bond donors (Lipinski definition) is 0. The minimum atomic E-state index is 0.487. The van der Waals surface area contributed by atoms with Crippen LogP contribution in [0.3, 0.4) is 0 Å². The van der Waals surface area contributed by atoms with Crippen LogP contribution in [-0.4, -0.2) is 32.4 Å². The Morgan fingerprint density at radius 2 is 1.91 bits per heavy atom. The summed E-state index contributed by atoms with van der Waals surface area (Å²) in [4.78, 5) is 0. The van der Waals surface area contributed by atoms with Crippen molar-refractivity contribution in [3.63, 3.8) is 0 Å². The molecule has 0 heterocycles. The smallest absolute Gasteiger partial charge is 0.175 e. The van der Waals surface area contributed by atoms with Crippen molar-refractivity contribution in [1.82, 2.24) is 5.01 Å². The largest absolute Gasteiger partial charge is 0.493 e. The molecule has 0 saturated carbocycles. The van der Waals surface area contributed by atoms with Gasteiger partial charge in [-0.15, -0.1) is 0 Å². The molecule has 0 unspecified atom stereocenters. The van der Waals surface area contributed by atoms with Crippen molar-refractivity contribution in [1.29, 1.82) is 0 Å². The van der Waals surface area contributed by atoms with Gasteiger partial charge in [0, 0.05) is 14.1 Å². The molecule has 2 aromatic carbocycles. The van der Waals surface area contributed by atoms with Gasteiger partial charge in [-0.3, -0.25) is 0 Å². The van der Waals surface area contributed by atoms with Crippen molar-refractivity contribution in [3.05, 3.63) is 58.1 Å². The van der Waals surface area contributed by atoms with Crippen LogP contribution in [0.15, 0.2) is 52.0 Å². The van der Waals surface area contributed by atoms with E-state index in [1.54, 1.807) is 18.3 Å². The van der Waals surface area contributed by atoms with Gasteiger partial charge in [0.2, 0.25) is 0 Å². The van der Waals surface area contributed by atoms with E-state index in [1.807, 2.05) is 56.6 Å². The Morgan fingerprint density at radius 1 is 1.18 bits per heavy atom. The number of ether oxygens (including phenoxy) is 2. The van der Waals surface area contributed by atoms with Crippen LogP contribution in [0.25, 0.3) is 0 Å². The molecule has 0 radical (unpaired) electrons. The second-order valence-corrected chi connectivity index (χ2v) is 5.75. The first-order valence-electron chi connectivity index (χ1n) is 6.85. The fourth-order valence-electron chi connectivity index (χ4n) is 1.87. The lowest BCUT2D eigenvalue weighted by atomic mass is 10.2. The topological polar surface area (TPSA) is 34.1 Å². The van der Waals surface area contributed by atoms with Gasteiger partial charge >= 0.3 is 0 Å². The van der Waals surface area contributed by atoms with E-state index >= 15 is 0 Å². The first-order chi connectivity index (χ1) is 10.6. The first-order valence-corrected chi connectivity index (χ1v) is 7.65. The number of benzene rings is 2. The average Bonchev–Trinajstić information content (AvgIpc) is 2.52. The lowest BCUT2D eigenvalue weighted by Gasteiger charge is -2.13. The third kappa shape index (κ3) is 4.49. The van der Waals surface area contributed by atoms with Crippen LogP contribution in [0.4, 0.5) is 0 Å². The molecule has 0 spiro atoms. The number of halogens is 1. The summed E-state index contributed by atoms with van der Waals surface area (Å²) < 4.78 is 12.2. The van der Waals surface area contributed by atoms with E-state index in [4.69, 9.17) is 9.47 Å². The third-order valence-corrected chi connectivity index (χ3v) is 3.50. The molecule has 2 rings (SSSR count). The number of rotatable bonds is 6. The third-order valence-electron chi connectivity index (χ3n) is 2.92. The summed E-state index contributed by atoms with van der Waals surface area (Å²) in [5.74, 6) is 1.36. The van der Waals surface area contributed by atoms with Crippen molar-refractivity contribution in [2.24, 2.45) is 5.10 Å². The Kier molecular flexibility index (Phi) is 5.83. The predicted molar refractivity (Wildman–Crippen MR) is 92.7 cm³/mol. The predicted octanol–water partition coefficient (Wildman–Crippen LogP) is 3.93. The summed E-state index contributed by atoms with van der Waals surface area (Å²) >= 11 is 3.54. The molecule has 4 nitrogen and oxygen atoms in total. The molecule has 0 N–H and O–H groups in total. The van der Waals surface area contributed by atoms with Crippen LogP contribution in [0.1, 0.15) is 11.1 Å². The van der Waals surface area contributed by atoms with Gasteiger partial charge in [0.05, 0.1) is 17.8 Å². The normalized spacial score (nSPS) is 10.7. The minimum absolute atomic E-state index is 0.487. The van der Waals surface area contributed by atoms with Crippen molar-refractivity contribution < 1.29 is 9.47 Å². The SMILES string of the molecule is COc1cc(/C=N/N(C)C)cc(Br)c1OCc1ccccc1. The number of hydrazone groups is 1. The maximum Gasteiger partial charge on any atom is 0.175 e. The molecule has 0 aliphatic rings. The lowest BCUT2D eigenvalue weighted by Crippen LogP contribution is -2.03. The van der Waals surface area contributed by atoms with E-state index in [0.29, 0.717) is 18.1 Å². The molecule has 0 saturated heterocycles. The fourth-order valence-corrected chi connectivity index (χ4v) is 2.44. The van der Waals surface area contributed by atoms with E-state index in [-0.39, 0.29) is 0 Å². The van der Waals surface area contributed by atoms with Crippen LogP contribution >= 0.6 is 15.9 Å². The molecule has 5 heteroatoms. The van der Waals surface area contributed by atoms with Crippen molar-refractivity contribution in [3.8, 4) is 11.5 Å². The van der Waals surface area contributed by atoms with Gasteiger partial charge in [-0.1, -0.05) is 30.3 Å². The quantitative estimate of drug-likeness (QED) is 0.576. The average molecular weight is 363 g/mol. The molecule has 22 heavy (non-hydrogen) atoms. The second-order valence-electron chi connectivity index (χ2n) is 4.90. The minimum Gasteiger partial charge on any atom is -0.493 e. The number of hydrogen-bond acceptors (Lipinski definition) is 4. The van der Waals surface area contributed by atoms with Gasteiger partial charge in [-0.05, 0) is 39.2 Å². The molecule has 0 atom stereocenters. The Labute approximate surface area is 139 Å². The highest BCUT2D eigenvalue weighted by molar-refractivity contribution is 9.10. The first kappa shape index (κ1) is 16.4.